The number of hydrogen-bond acceptors (Lipinski definition) is 4. The van der Waals surface area contributed by atoms with E-state index >= 15 is 0 Å². The second-order valence-corrected chi connectivity index (χ2v) is 16.4. The highest BCUT2D eigenvalue weighted by atomic mass is 16.5. The van der Waals surface area contributed by atoms with E-state index in [4.69, 9.17) is 9.47 Å². The molecule has 6 nitrogen and oxygen atoms in total. The van der Waals surface area contributed by atoms with E-state index in [2.05, 4.69) is 163 Å². The van der Waals surface area contributed by atoms with Crippen LogP contribution < -0.4 is 9.47 Å². The van der Waals surface area contributed by atoms with Crippen molar-refractivity contribution in [1.29, 1.82) is 0 Å². The number of benzene rings is 3. The van der Waals surface area contributed by atoms with E-state index < -0.39 is 0 Å². The molecule has 0 atom stereocenters. The zero-order valence-corrected chi connectivity index (χ0v) is 34.2. The minimum Gasteiger partial charge on any atom is -0.494 e. The largest absolute Gasteiger partial charge is 0.494 e. The Morgan fingerprint density at radius 2 is 0.692 bits per heavy atom. The van der Waals surface area contributed by atoms with Crippen molar-refractivity contribution in [1.82, 2.24) is 9.80 Å². The van der Waals surface area contributed by atoms with Gasteiger partial charge in [-0.2, -0.15) is 0 Å². The molecule has 0 amide bonds. The summed E-state index contributed by atoms with van der Waals surface area (Å²) in [7, 11) is 18.0. The molecule has 0 bridgehead atoms. The zero-order valence-electron chi connectivity index (χ0n) is 34.2. The van der Waals surface area contributed by atoms with Gasteiger partial charge in [0.15, 0.2) is 0 Å². The standard InChI is InChI=1S/C46H72N4O2/c1-47(2)33-37-49(5,6)35-13-9-11-15-39-51-45-29-25-43(26-30-45)23-21-41-17-19-42(20-18-41)22-24-44-27-31-46(32-28-44)52-40-16-12-10-14-36-50(7,8)38-34-48(3)4/h17-32H,9-16,33-40H2,1-8H3/q+2/b23-21+,24-22+. The lowest BCUT2D eigenvalue weighted by molar-refractivity contribution is -0.890. The molecule has 0 spiro atoms. The smallest absolute Gasteiger partial charge is 0.119 e. The van der Waals surface area contributed by atoms with E-state index in [1.807, 2.05) is 0 Å². The van der Waals surface area contributed by atoms with Crippen molar-refractivity contribution in [2.24, 2.45) is 0 Å². The molecule has 6 heteroatoms. The van der Waals surface area contributed by atoms with Crippen LogP contribution in [-0.4, -0.2) is 128 Å². The van der Waals surface area contributed by atoms with E-state index in [0.29, 0.717) is 0 Å². The van der Waals surface area contributed by atoms with Gasteiger partial charge in [-0.25, -0.2) is 0 Å². The van der Waals surface area contributed by atoms with Crippen LogP contribution in [0, 0.1) is 0 Å². The molecule has 0 saturated carbocycles. The van der Waals surface area contributed by atoms with Crippen molar-refractivity contribution in [2.45, 2.75) is 51.4 Å². The van der Waals surface area contributed by atoms with Gasteiger partial charge in [0.2, 0.25) is 0 Å². The minimum atomic E-state index is 0.783. The van der Waals surface area contributed by atoms with Gasteiger partial charge in [-0.05, 0) is 126 Å². The minimum absolute atomic E-state index is 0.783. The fraction of sp³-hybridized carbons (Fsp3) is 0.522. The molecule has 0 heterocycles. The molecule has 3 aromatic rings. The molecule has 3 aromatic carbocycles. The fourth-order valence-corrected chi connectivity index (χ4v) is 5.99. The summed E-state index contributed by atoms with van der Waals surface area (Å²) >= 11 is 0. The summed E-state index contributed by atoms with van der Waals surface area (Å²) in [6.45, 7) is 8.75. The first kappa shape index (κ1) is 43.0. The Hall–Kier alpha value is -3.42. The van der Waals surface area contributed by atoms with Gasteiger partial charge in [0, 0.05) is 13.1 Å². The molecule has 0 N–H and O–H groups in total. The summed E-state index contributed by atoms with van der Waals surface area (Å²) in [6.07, 6.45) is 18.4. The average molecular weight is 713 g/mol. The van der Waals surface area contributed by atoms with Gasteiger partial charge in [0.25, 0.3) is 0 Å². The molecular formula is C46H72N4O2+2. The Morgan fingerprint density at radius 3 is 1.00 bits per heavy atom. The Labute approximate surface area is 318 Å². The van der Waals surface area contributed by atoms with Crippen LogP contribution in [0.5, 0.6) is 11.5 Å². The van der Waals surface area contributed by atoms with Crippen LogP contribution in [0.1, 0.15) is 73.6 Å². The predicted octanol–water partition coefficient (Wildman–Crippen LogP) is 9.18. The van der Waals surface area contributed by atoms with Gasteiger partial charge >= 0.3 is 0 Å². The molecule has 0 radical (unpaired) electrons. The lowest BCUT2D eigenvalue weighted by Gasteiger charge is -2.31. The molecule has 0 aromatic heterocycles. The average Bonchev–Trinajstić information content (AvgIpc) is 3.12. The Balaban J connectivity index is 1.28. The van der Waals surface area contributed by atoms with Crippen LogP contribution in [0.3, 0.4) is 0 Å². The van der Waals surface area contributed by atoms with Gasteiger partial charge < -0.3 is 28.2 Å². The maximum Gasteiger partial charge on any atom is 0.119 e. The van der Waals surface area contributed by atoms with Crippen molar-refractivity contribution in [3.05, 3.63) is 95.1 Å². The fourth-order valence-electron chi connectivity index (χ4n) is 5.99. The van der Waals surface area contributed by atoms with Crippen molar-refractivity contribution < 1.29 is 18.4 Å². The number of unbranched alkanes of at least 4 members (excludes halogenated alkanes) is 6. The highest BCUT2D eigenvalue weighted by molar-refractivity contribution is 5.73. The van der Waals surface area contributed by atoms with Gasteiger partial charge in [0.05, 0.1) is 67.6 Å². The molecule has 286 valence electrons. The van der Waals surface area contributed by atoms with E-state index in [-0.39, 0.29) is 0 Å². The second kappa shape index (κ2) is 23.3. The summed E-state index contributed by atoms with van der Waals surface area (Å²) in [5, 5.41) is 0. The molecule has 0 unspecified atom stereocenters. The second-order valence-electron chi connectivity index (χ2n) is 16.4. The number of nitrogens with zero attached hydrogens (tertiary/aromatic N) is 4. The van der Waals surface area contributed by atoms with Crippen molar-refractivity contribution in [2.75, 3.05) is 109 Å². The monoisotopic (exact) mass is 713 g/mol. The van der Waals surface area contributed by atoms with E-state index in [0.717, 1.165) is 59.6 Å². The molecule has 52 heavy (non-hydrogen) atoms. The highest BCUT2D eigenvalue weighted by Gasteiger charge is 2.15. The lowest BCUT2D eigenvalue weighted by Crippen LogP contribution is -2.44. The molecule has 0 aliphatic carbocycles. The normalized spacial score (nSPS) is 12.5. The van der Waals surface area contributed by atoms with Gasteiger partial charge in [-0.3, -0.25) is 0 Å². The van der Waals surface area contributed by atoms with Crippen LogP contribution >= 0.6 is 0 Å². The van der Waals surface area contributed by atoms with Crippen LogP contribution in [0.15, 0.2) is 72.8 Å². The number of rotatable bonds is 26. The molecule has 0 aliphatic rings. The molecule has 3 rings (SSSR count). The maximum absolute atomic E-state index is 6.01. The first-order valence-corrected chi connectivity index (χ1v) is 19.7. The van der Waals surface area contributed by atoms with Crippen molar-refractivity contribution in [3.63, 3.8) is 0 Å². The molecule has 0 fully saturated rings. The van der Waals surface area contributed by atoms with Crippen molar-refractivity contribution >= 4 is 24.3 Å². The van der Waals surface area contributed by atoms with E-state index in [9.17, 15) is 0 Å². The quantitative estimate of drug-likeness (QED) is 0.0471. The van der Waals surface area contributed by atoms with Crippen molar-refractivity contribution in [3.8, 4) is 11.5 Å². The summed E-state index contributed by atoms with van der Waals surface area (Å²) in [5.74, 6) is 1.90. The summed E-state index contributed by atoms with van der Waals surface area (Å²) in [4.78, 5) is 4.54. The topological polar surface area (TPSA) is 24.9 Å². The number of likely N-dealkylation sites (N-methyl/N-ethyl adjacent to an activating group) is 4. The third-order valence-corrected chi connectivity index (χ3v) is 9.79. The van der Waals surface area contributed by atoms with E-state index in [1.165, 1.54) is 87.0 Å². The van der Waals surface area contributed by atoms with Crippen LogP contribution in [0.4, 0.5) is 0 Å². The molecule has 0 aliphatic heterocycles. The zero-order chi connectivity index (χ0) is 37.7. The lowest BCUT2D eigenvalue weighted by atomic mass is 10.1. The van der Waals surface area contributed by atoms with Gasteiger partial charge in [-0.15, -0.1) is 0 Å². The summed E-state index contributed by atoms with van der Waals surface area (Å²) in [6, 6.07) is 25.5. The molecule has 0 saturated heterocycles. The number of quaternary nitrogens is 2. The first-order chi connectivity index (χ1) is 24.9. The van der Waals surface area contributed by atoms with Crippen LogP contribution in [-0.2, 0) is 0 Å². The Kier molecular flexibility index (Phi) is 19.3. The maximum atomic E-state index is 6.01. The van der Waals surface area contributed by atoms with Gasteiger partial charge in [0.1, 0.15) is 11.5 Å². The molecular weight excluding hydrogens is 641 g/mol. The Morgan fingerprint density at radius 1 is 0.404 bits per heavy atom. The third kappa shape index (κ3) is 19.4. The highest BCUT2D eigenvalue weighted by Crippen LogP contribution is 2.18. The number of hydrogen-bond donors (Lipinski definition) is 0. The van der Waals surface area contributed by atoms with Gasteiger partial charge in [-0.1, -0.05) is 72.8 Å². The predicted molar refractivity (Wildman–Crippen MR) is 226 cm³/mol. The summed E-state index contributed by atoms with van der Waals surface area (Å²) < 4.78 is 14.2. The third-order valence-electron chi connectivity index (χ3n) is 9.79. The summed E-state index contributed by atoms with van der Waals surface area (Å²) in [5.41, 5.74) is 4.71. The van der Waals surface area contributed by atoms with Crippen LogP contribution in [0.25, 0.3) is 24.3 Å². The first-order valence-electron chi connectivity index (χ1n) is 19.7. The number of ether oxygens (including phenoxy) is 2. The van der Waals surface area contributed by atoms with Crippen LogP contribution in [0.2, 0.25) is 0 Å². The Bertz CT molecular complexity index is 1310. The SMILES string of the molecule is CN(C)CC[N+](C)(C)CCCCCCOc1ccc(/C=C/c2ccc(/C=C/c3ccc(OCCCCCC[N+](C)(C)CCN(C)C)cc3)cc2)cc1. The van der Waals surface area contributed by atoms with E-state index in [1.54, 1.807) is 0 Å².